The van der Waals surface area contributed by atoms with Crippen LogP contribution in [0.1, 0.15) is 25.2 Å². The summed E-state index contributed by atoms with van der Waals surface area (Å²) in [6.45, 7) is 6.23. The van der Waals surface area contributed by atoms with E-state index in [-0.39, 0.29) is 0 Å². The molecule has 0 amide bonds. The second-order valence-corrected chi connectivity index (χ2v) is 5.41. The molecule has 0 spiro atoms. The lowest BCUT2D eigenvalue weighted by Crippen LogP contribution is -2.21. The predicted molar refractivity (Wildman–Crippen MR) is 97.4 cm³/mol. The lowest BCUT2D eigenvalue weighted by molar-refractivity contribution is 0.866. The average molecular weight is 317 g/mol. The molecule has 3 rings (SSSR count). The number of anilines is 1. The monoisotopic (exact) mass is 317 g/mol. The predicted octanol–water partition coefficient (Wildman–Crippen LogP) is 3.87. The summed E-state index contributed by atoms with van der Waals surface area (Å²) in [6, 6.07) is 12.3. The lowest BCUT2D eigenvalue weighted by atomic mass is 10.1. The number of aromatic nitrogens is 3. The van der Waals surface area contributed by atoms with Gasteiger partial charge >= 0.3 is 0 Å². The third-order valence-electron chi connectivity index (χ3n) is 3.99. The smallest absolute Gasteiger partial charge is 0.149 e. The van der Waals surface area contributed by atoms with Gasteiger partial charge in [-0.05, 0) is 43.7 Å². The maximum atomic E-state index is 9.48. The van der Waals surface area contributed by atoms with E-state index in [9.17, 15) is 5.26 Å². The molecule has 2 aromatic heterocycles. The van der Waals surface area contributed by atoms with Gasteiger partial charge in [-0.1, -0.05) is 12.1 Å². The van der Waals surface area contributed by atoms with Crippen molar-refractivity contribution in [3.05, 3.63) is 54.1 Å². The molecule has 0 aliphatic heterocycles. The van der Waals surface area contributed by atoms with Crippen molar-refractivity contribution < 1.29 is 0 Å². The molecular formula is C19H19N5. The number of fused-ring (bicyclic) bond motifs is 1. The summed E-state index contributed by atoms with van der Waals surface area (Å²) in [7, 11) is 0. The number of H-pyrrole nitrogens is 1. The highest BCUT2D eigenvalue weighted by molar-refractivity contribution is 5.90. The second-order valence-electron chi connectivity index (χ2n) is 5.41. The Balaban J connectivity index is 1.91. The van der Waals surface area contributed by atoms with E-state index in [4.69, 9.17) is 0 Å². The van der Waals surface area contributed by atoms with Crippen LogP contribution in [0.5, 0.6) is 0 Å². The first-order valence-electron chi connectivity index (χ1n) is 8.02. The fourth-order valence-electron chi connectivity index (χ4n) is 2.67. The third-order valence-corrected chi connectivity index (χ3v) is 3.99. The van der Waals surface area contributed by atoms with E-state index < -0.39 is 0 Å². The molecule has 120 valence electrons. The van der Waals surface area contributed by atoms with Gasteiger partial charge in [0.2, 0.25) is 0 Å². The molecule has 0 saturated heterocycles. The zero-order valence-corrected chi connectivity index (χ0v) is 13.8. The molecular weight excluding hydrogens is 298 g/mol. The van der Waals surface area contributed by atoms with Crippen molar-refractivity contribution in [2.45, 2.75) is 13.8 Å². The Kier molecular flexibility index (Phi) is 4.57. The van der Waals surface area contributed by atoms with E-state index in [1.165, 1.54) is 5.69 Å². The molecule has 2 heterocycles. The Morgan fingerprint density at radius 2 is 1.96 bits per heavy atom. The number of nitriles is 1. The van der Waals surface area contributed by atoms with Gasteiger partial charge in [-0.15, -0.1) is 0 Å². The van der Waals surface area contributed by atoms with Crippen LogP contribution in [-0.4, -0.2) is 28.0 Å². The number of nitrogens with zero attached hydrogens (tertiary/aromatic N) is 4. The number of rotatable bonds is 5. The Morgan fingerprint density at radius 1 is 1.21 bits per heavy atom. The first-order valence-corrected chi connectivity index (χ1v) is 8.02. The number of nitrogens with one attached hydrogen (secondary N) is 1. The van der Waals surface area contributed by atoms with E-state index in [1.54, 1.807) is 12.4 Å². The number of hydrogen-bond donors (Lipinski definition) is 1. The van der Waals surface area contributed by atoms with Gasteiger partial charge in [0.15, 0.2) is 0 Å². The van der Waals surface area contributed by atoms with E-state index in [2.05, 4.69) is 51.9 Å². The number of allylic oxidation sites excluding steroid dienone is 1. The summed E-state index contributed by atoms with van der Waals surface area (Å²) in [5.74, 6) is 0.563. The fraction of sp³-hybridized carbons (Fsp3) is 0.211. The highest BCUT2D eigenvalue weighted by atomic mass is 15.1. The van der Waals surface area contributed by atoms with Crippen LogP contribution in [0.3, 0.4) is 0 Å². The molecule has 3 aromatic rings. The largest absolute Gasteiger partial charge is 0.372 e. The van der Waals surface area contributed by atoms with Crippen molar-refractivity contribution in [1.29, 1.82) is 5.26 Å². The van der Waals surface area contributed by atoms with Crippen LogP contribution < -0.4 is 4.90 Å². The summed E-state index contributed by atoms with van der Waals surface area (Å²) in [4.78, 5) is 13.9. The van der Waals surface area contributed by atoms with Gasteiger partial charge in [0.25, 0.3) is 0 Å². The lowest BCUT2D eigenvalue weighted by Gasteiger charge is -2.20. The molecule has 5 heteroatoms. The minimum atomic E-state index is 0.502. The molecule has 0 aliphatic rings. The molecule has 0 atom stereocenters. The topological polar surface area (TPSA) is 68.6 Å². The van der Waals surface area contributed by atoms with Crippen LogP contribution in [-0.2, 0) is 0 Å². The van der Waals surface area contributed by atoms with Crippen molar-refractivity contribution in [2.75, 3.05) is 18.0 Å². The molecule has 0 aliphatic carbocycles. The molecule has 0 saturated carbocycles. The maximum absolute atomic E-state index is 9.48. The summed E-state index contributed by atoms with van der Waals surface area (Å²) < 4.78 is 0. The van der Waals surface area contributed by atoms with E-state index in [1.807, 2.05) is 24.3 Å². The SMILES string of the molecule is CCN(CC)c1ccc(C=C(C#N)c2nc3ccncc3[nH]2)cc1. The highest BCUT2D eigenvalue weighted by Crippen LogP contribution is 2.20. The van der Waals surface area contributed by atoms with E-state index in [0.29, 0.717) is 11.4 Å². The average Bonchev–Trinajstić information content (AvgIpc) is 3.06. The Bertz CT molecular complexity index is 862. The molecule has 1 aromatic carbocycles. The quantitative estimate of drug-likeness (QED) is 0.725. The van der Waals surface area contributed by atoms with E-state index >= 15 is 0 Å². The van der Waals surface area contributed by atoms with Gasteiger partial charge < -0.3 is 9.88 Å². The Labute approximate surface area is 141 Å². The van der Waals surface area contributed by atoms with Gasteiger partial charge in [-0.25, -0.2) is 4.98 Å². The van der Waals surface area contributed by atoms with Gasteiger partial charge in [0, 0.05) is 25.0 Å². The minimum absolute atomic E-state index is 0.502. The first-order chi connectivity index (χ1) is 11.7. The number of aromatic amines is 1. The molecule has 0 radical (unpaired) electrons. The summed E-state index contributed by atoms with van der Waals surface area (Å²) in [5.41, 5.74) is 4.29. The zero-order chi connectivity index (χ0) is 16.9. The molecule has 0 bridgehead atoms. The number of imidazole rings is 1. The molecule has 5 nitrogen and oxygen atoms in total. The summed E-state index contributed by atoms with van der Waals surface area (Å²) >= 11 is 0. The van der Waals surface area contributed by atoms with E-state index in [0.717, 1.165) is 29.7 Å². The third kappa shape index (κ3) is 3.13. The number of benzene rings is 1. The minimum Gasteiger partial charge on any atom is -0.372 e. The summed E-state index contributed by atoms with van der Waals surface area (Å²) in [6.07, 6.45) is 5.24. The number of pyridine rings is 1. The Hall–Kier alpha value is -3.13. The van der Waals surface area contributed by atoms with Gasteiger partial charge in [0.05, 0.1) is 22.8 Å². The molecule has 0 unspecified atom stereocenters. The zero-order valence-electron chi connectivity index (χ0n) is 13.8. The van der Waals surface area contributed by atoms with Crippen molar-refractivity contribution in [1.82, 2.24) is 15.0 Å². The van der Waals surface area contributed by atoms with Crippen molar-refractivity contribution in [3.63, 3.8) is 0 Å². The number of hydrogen-bond acceptors (Lipinski definition) is 4. The van der Waals surface area contributed by atoms with Gasteiger partial charge in [-0.3, -0.25) is 4.98 Å². The van der Waals surface area contributed by atoms with Crippen molar-refractivity contribution in [3.8, 4) is 6.07 Å². The molecule has 24 heavy (non-hydrogen) atoms. The van der Waals surface area contributed by atoms with Crippen molar-refractivity contribution in [2.24, 2.45) is 0 Å². The highest BCUT2D eigenvalue weighted by Gasteiger charge is 2.08. The van der Waals surface area contributed by atoms with Crippen molar-refractivity contribution >= 4 is 28.4 Å². The van der Waals surface area contributed by atoms with Crippen LogP contribution in [0.25, 0.3) is 22.7 Å². The van der Waals surface area contributed by atoms with Crippen LogP contribution in [0, 0.1) is 11.3 Å². The second kappa shape index (κ2) is 6.97. The van der Waals surface area contributed by atoms with Gasteiger partial charge in [-0.2, -0.15) is 5.26 Å². The van der Waals surface area contributed by atoms with Crippen LogP contribution >= 0.6 is 0 Å². The maximum Gasteiger partial charge on any atom is 0.149 e. The van der Waals surface area contributed by atoms with Crippen LogP contribution in [0.15, 0.2) is 42.7 Å². The van der Waals surface area contributed by atoms with Crippen LogP contribution in [0.4, 0.5) is 5.69 Å². The fourth-order valence-corrected chi connectivity index (χ4v) is 2.67. The molecule has 0 fully saturated rings. The Morgan fingerprint density at radius 3 is 2.58 bits per heavy atom. The standard InChI is InChI=1S/C19H19N5/c1-3-24(4-2)16-7-5-14(6-8-16)11-15(12-20)19-22-17-9-10-21-13-18(17)23-19/h5-11,13H,3-4H2,1-2H3,(H,22,23). The summed E-state index contributed by atoms with van der Waals surface area (Å²) in [5, 5.41) is 9.48. The normalized spacial score (nSPS) is 11.5. The van der Waals surface area contributed by atoms with Gasteiger partial charge in [0.1, 0.15) is 11.9 Å². The first kappa shape index (κ1) is 15.8. The van der Waals surface area contributed by atoms with Crippen LogP contribution in [0.2, 0.25) is 0 Å². The molecule has 1 N–H and O–H groups in total.